The first kappa shape index (κ1) is 9.69. The first-order valence-electron chi connectivity index (χ1n) is 4.31. The molecule has 0 N–H and O–H groups in total. The van der Waals surface area contributed by atoms with E-state index in [2.05, 4.69) is 0 Å². The van der Waals surface area contributed by atoms with Crippen LogP contribution in [0.25, 0.3) is 10.1 Å². The average molecular weight is 225 g/mol. The fourth-order valence-corrected chi connectivity index (χ4v) is 2.88. The summed E-state index contributed by atoms with van der Waals surface area (Å²) in [5.74, 6) is 0.298. The quantitative estimate of drug-likeness (QED) is 0.680. The largest absolute Gasteiger partial charge is 0.289 e. The average Bonchev–Trinajstić information content (AvgIpc) is 2.18. The van der Waals surface area contributed by atoms with Gasteiger partial charge in [-0.3, -0.25) is 4.79 Å². The molecule has 0 fully saturated rings. The molecule has 3 heteroatoms. The molecular weight excluding hydrogens is 216 g/mol. The second kappa shape index (κ2) is 3.71. The highest BCUT2D eigenvalue weighted by molar-refractivity contribution is 7.18. The molecule has 0 unspecified atom stereocenters. The molecule has 2 aromatic rings. The van der Waals surface area contributed by atoms with Gasteiger partial charge in [-0.05, 0) is 19.1 Å². The maximum Gasteiger partial charge on any atom is 0.192 e. The van der Waals surface area contributed by atoms with Gasteiger partial charge in [0.15, 0.2) is 5.43 Å². The van der Waals surface area contributed by atoms with Crippen LogP contribution in [-0.2, 0) is 5.88 Å². The van der Waals surface area contributed by atoms with Crippen molar-refractivity contribution in [3.63, 3.8) is 0 Å². The highest BCUT2D eigenvalue weighted by Crippen LogP contribution is 2.21. The third kappa shape index (κ3) is 1.45. The molecule has 0 saturated carbocycles. The fraction of sp³-hybridized carbons (Fsp3) is 0.182. The Balaban J connectivity index is 2.93. The fourth-order valence-electron chi connectivity index (χ4n) is 1.45. The van der Waals surface area contributed by atoms with Crippen molar-refractivity contribution < 1.29 is 0 Å². The monoisotopic (exact) mass is 224 g/mol. The third-order valence-corrected chi connectivity index (χ3v) is 3.62. The lowest BCUT2D eigenvalue weighted by Gasteiger charge is -2.02. The summed E-state index contributed by atoms with van der Waals surface area (Å²) in [7, 11) is 0. The molecule has 0 spiro atoms. The number of alkyl halides is 1. The first-order valence-corrected chi connectivity index (χ1v) is 5.66. The minimum absolute atomic E-state index is 0.0758. The molecule has 14 heavy (non-hydrogen) atoms. The molecule has 2 rings (SSSR count). The Labute approximate surface area is 91.0 Å². The summed E-state index contributed by atoms with van der Waals surface area (Å²) in [5.41, 5.74) is 0.808. The summed E-state index contributed by atoms with van der Waals surface area (Å²) in [6.07, 6.45) is 0. The molecule has 1 nitrogen and oxygen atoms in total. The molecule has 0 aliphatic carbocycles. The van der Waals surface area contributed by atoms with E-state index in [1.807, 2.05) is 31.2 Å². The van der Waals surface area contributed by atoms with Gasteiger partial charge in [-0.1, -0.05) is 12.1 Å². The van der Waals surface area contributed by atoms with E-state index in [9.17, 15) is 4.79 Å². The van der Waals surface area contributed by atoms with Gasteiger partial charge in [0.1, 0.15) is 0 Å². The molecular formula is C11H9ClOS. The molecule has 72 valence electrons. The van der Waals surface area contributed by atoms with Gasteiger partial charge in [0, 0.05) is 20.5 Å². The van der Waals surface area contributed by atoms with Crippen molar-refractivity contribution in [2.45, 2.75) is 12.8 Å². The molecule has 1 heterocycles. The summed E-state index contributed by atoms with van der Waals surface area (Å²) in [4.78, 5) is 12.9. The lowest BCUT2D eigenvalue weighted by molar-refractivity contribution is 1.33. The van der Waals surface area contributed by atoms with Gasteiger partial charge in [-0.25, -0.2) is 0 Å². The lowest BCUT2D eigenvalue weighted by Crippen LogP contribution is -2.08. The Hall–Kier alpha value is -0.860. The molecule has 0 saturated heterocycles. The highest BCUT2D eigenvalue weighted by atomic mass is 35.5. The van der Waals surface area contributed by atoms with Crippen molar-refractivity contribution in [1.82, 2.24) is 0 Å². The highest BCUT2D eigenvalue weighted by Gasteiger charge is 2.07. The number of halogens is 1. The maximum atomic E-state index is 11.9. The van der Waals surface area contributed by atoms with E-state index in [0.29, 0.717) is 5.88 Å². The van der Waals surface area contributed by atoms with Gasteiger partial charge in [0.2, 0.25) is 0 Å². The predicted octanol–water partition coefficient (Wildman–Crippen LogP) is 3.31. The van der Waals surface area contributed by atoms with Gasteiger partial charge in [0.25, 0.3) is 0 Å². The summed E-state index contributed by atoms with van der Waals surface area (Å²) >= 11 is 7.37. The van der Waals surface area contributed by atoms with Gasteiger partial charge in [0.05, 0.1) is 5.88 Å². The lowest BCUT2D eigenvalue weighted by atomic mass is 10.2. The minimum Gasteiger partial charge on any atom is -0.289 e. The van der Waals surface area contributed by atoms with Crippen molar-refractivity contribution in [2.24, 2.45) is 0 Å². The Bertz CT molecular complexity index is 530. The second-order valence-corrected chi connectivity index (χ2v) is 4.62. The van der Waals surface area contributed by atoms with E-state index in [4.69, 9.17) is 11.6 Å². The van der Waals surface area contributed by atoms with Crippen molar-refractivity contribution in [1.29, 1.82) is 0 Å². The van der Waals surface area contributed by atoms with Crippen LogP contribution in [-0.4, -0.2) is 0 Å². The van der Waals surface area contributed by atoms with E-state index >= 15 is 0 Å². The summed E-state index contributed by atoms with van der Waals surface area (Å²) < 4.78 is 1.03. The molecule has 1 aromatic carbocycles. The van der Waals surface area contributed by atoms with Gasteiger partial charge in [-0.15, -0.1) is 22.9 Å². The Morgan fingerprint density at radius 1 is 1.36 bits per heavy atom. The zero-order valence-electron chi connectivity index (χ0n) is 7.71. The Morgan fingerprint density at radius 3 is 2.79 bits per heavy atom. The standard InChI is InChI=1S/C11H9ClOS/c1-7-9(6-12)11(13)8-4-2-3-5-10(8)14-7/h2-5H,6H2,1H3. The molecule has 0 radical (unpaired) electrons. The van der Waals surface area contributed by atoms with Gasteiger partial charge >= 0.3 is 0 Å². The SMILES string of the molecule is Cc1sc2ccccc2c(=O)c1CCl. The van der Waals surface area contributed by atoms with Gasteiger partial charge < -0.3 is 0 Å². The van der Waals surface area contributed by atoms with Crippen LogP contribution in [0.5, 0.6) is 0 Å². The van der Waals surface area contributed by atoms with E-state index in [0.717, 1.165) is 20.5 Å². The van der Waals surface area contributed by atoms with Crippen LogP contribution in [0.3, 0.4) is 0 Å². The van der Waals surface area contributed by atoms with Crippen LogP contribution in [0.4, 0.5) is 0 Å². The number of rotatable bonds is 1. The molecule has 0 amide bonds. The molecule has 0 aliphatic heterocycles. The summed E-state index contributed by atoms with van der Waals surface area (Å²) in [6, 6.07) is 7.64. The van der Waals surface area contributed by atoms with Crippen molar-refractivity contribution in [3.8, 4) is 0 Å². The van der Waals surface area contributed by atoms with Crippen LogP contribution in [0.15, 0.2) is 29.1 Å². The summed E-state index contributed by atoms with van der Waals surface area (Å²) in [5, 5.41) is 0.777. The molecule has 0 bridgehead atoms. The Morgan fingerprint density at radius 2 is 2.07 bits per heavy atom. The van der Waals surface area contributed by atoms with Crippen LogP contribution in [0.2, 0.25) is 0 Å². The zero-order valence-corrected chi connectivity index (χ0v) is 9.28. The van der Waals surface area contributed by atoms with Crippen molar-refractivity contribution >= 4 is 33.0 Å². The van der Waals surface area contributed by atoms with E-state index in [1.54, 1.807) is 11.3 Å². The number of aryl methyl sites for hydroxylation is 1. The topological polar surface area (TPSA) is 17.1 Å². The number of benzene rings is 1. The Kier molecular flexibility index (Phi) is 2.57. The van der Waals surface area contributed by atoms with Crippen molar-refractivity contribution in [3.05, 3.63) is 44.9 Å². The number of fused-ring (bicyclic) bond motifs is 1. The van der Waals surface area contributed by atoms with Crippen molar-refractivity contribution in [2.75, 3.05) is 0 Å². The van der Waals surface area contributed by atoms with Crippen LogP contribution < -0.4 is 5.43 Å². The summed E-state index contributed by atoms with van der Waals surface area (Å²) in [6.45, 7) is 1.94. The van der Waals surface area contributed by atoms with Crippen LogP contribution in [0.1, 0.15) is 10.4 Å². The number of hydrogen-bond acceptors (Lipinski definition) is 2. The van der Waals surface area contributed by atoms with E-state index < -0.39 is 0 Å². The molecule has 0 atom stereocenters. The van der Waals surface area contributed by atoms with E-state index in [1.165, 1.54) is 0 Å². The second-order valence-electron chi connectivity index (χ2n) is 3.10. The minimum atomic E-state index is 0.0758. The normalized spacial score (nSPS) is 10.7. The molecule has 1 aromatic heterocycles. The van der Waals surface area contributed by atoms with E-state index in [-0.39, 0.29) is 5.43 Å². The number of hydrogen-bond donors (Lipinski definition) is 0. The van der Waals surface area contributed by atoms with Gasteiger partial charge in [-0.2, -0.15) is 0 Å². The van der Waals surface area contributed by atoms with Crippen LogP contribution in [0, 0.1) is 6.92 Å². The first-order chi connectivity index (χ1) is 6.74. The zero-order chi connectivity index (χ0) is 10.1. The third-order valence-electron chi connectivity index (χ3n) is 2.23. The van der Waals surface area contributed by atoms with Crippen LogP contribution >= 0.6 is 22.9 Å². The predicted molar refractivity (Wildman–Crippen MR) is 62.4 cm³/mol. The maximum absolute atomic E-state index is 11.9. The smallest absolute Gasteiger partial charge is 0.192 e. The molecule has 0 aliphatic rings.